The summed E-state index contributed by atoms with van der Waals surface area (Å²) in [5.74, 6) is -0.336. The monoisotopic (exact) mass is 631 g/mol. The second-order valence-corrected chi connectivity index (χ2v) is 13.6. The highest BCUT2D eigenvalue weighted by Gasteiger charge is 2.25. The number of hydrogen-bond acceptors (Lipinski definition) is 10. The topological polar surface area (TPSA) is 155 Å². The number of carbonyl (C=O) groups is 2. The van der Waals surface area contributed by atoms with Gasteiger partial charge in [0.1, 0.15) is 5.82 Å². The third kappa shape index (κ3) is 7.32. The molecule has 0 radical (unpaired) electrons. The lowest BCUT2D eigenvalue weighted by molar-refractivity contribution is -0.112. The number of hydrogen-bond donors (Lipinski definition) is 4. The maximum absolute atomic E-state index is 13.6. The molecule has 4 aromatic rings. The summed E-state index contributed by atoms with van der Waals surface area (Å²) in [6, 6.07) is 15.7. The Morgan fingerprint density at radius 1 is 0.956 bits per heavy atom. The third-order valence-corrected chi connectivity index (χ3v) is 7.97. The summed E-state index contributed by atoms with van der Waals surface area (Å²) in [5.41, 5.74) is 1.56. The zero-order chi connectivity index (χ0) is 32.4. The second-order valence-electron chi connectivity index (χ2n) is 11.8. The molecule has 45 heavy (non-hydrogen) atoms. The second kappa shape index (κ2) is 12.7. The van der Waals surface area contributed by atoms with E-state index in [4.69, 9.17) is 9.72 Å². The molecule has 0 atom stereocenters. The number of Topliss-reactive ketones (excluding diaryl/α,β-unsaturated/α-hetero) is 1. The average Bonchev–Trinajstić information content (AvgIpc) is 3.00. The minimum atomic E-state index is -3.66. The molecule has 4 N–H and O–H groups in total. The standard InChI is InChI=1S/C32H37N7O5S/c1-32(2,3)20-18-25(29(44-4)26(19-20)38-45(5,42)43)36-30(41)28(40)23-10-11-24(22-9-7-6-8-21(22)23)35-27-12-13-34-31(37-27)39-16-14-33-15-17-39/h6-13,18-19,33,38H,14-17H2,1-5H3,(H,36,41)(H,34,35,37). The Bertz CT molecular complexity index is 1870. The van der Waals surface area contributed by atoms with Gasteiger partial charge in [-0.05, 0) is 46.7 Å². The van der Waals surface area contributed by atoms with Crippen LogP contribution in [-0.4, -0.2) is 69.6 Å². The number of ketones is 1. The summed E-state index contributed by atoms with van der Waals surface area (Å²) >= 11 is 0. The van der Waals surface area contributed by atoms with Crippen LogP contribution in [0.5, 0.6) is 5.75 Å². The van der Waals surface area contributed by atoms with E-state index in [1.54, 1.807) is 48.7 Å². The average molecular weight is 632 g/mol. The summed E-state index contributed by atoms with van der Waals surface area (Å²) in [4.78, 5) is 38.3. The van der Waals surface area contributed by atoms with Gasteiger partial charge in [0.15, 0.2) is 5.75 Å². The van der Waals surface area contributed by atoms with Crippen molar-refractivity contribution in [3.05, 3.63) is 71.9 Å². The number of methoxy groups -OCH3 is 1. The van der Waals surface area contributed by atoms with E-state index >= 15 is 0 Å². The Morgan fingerprint density at radius 3 is 2.31 bits per heavy atom. The van der Waals surface area contributed by atoms with Crippen molar-refractivity contribution in [1.29, 1.82) is 0 Å². The van der Waals surface area contributed by atoms with E-state index in [0.29, 0.717) is 22.8 Å². The van der Waals surface area contributed by atoms with Gasteiger partial charge in [-0.15, -0.1) is 0 Å². The summed E-state index contributed by atoms with van der Waals surface area (Å²) in [5, 5.41) is 10.6. The number of nitrogens with one attached hydrogen (secondary N) is 4. The molecule has 13 heteroatoms. The number of carbonyl (C=O) groups excluding carboxylic acids is 2. The van der Waals surface area contributed by atoms with Crippen molar-refractivity contribution in [1.82, 2.24) is 15.3 Å². The van der Waals surface area contributed by atoms with Crippen LogP contribution in [0.3, 0.4) is 0 Å². The van der Waals surface area contributed by atoms with Crippen LogP contribution in [0.15, 0.2) is 60.8 Å². The first-order valence-corrected chi connectivity index (χ1v) is 16.4. The first-order valence-electron chi connectivity index (χ1n) is 14.5. The number of nitrogens with zero attached hydrogens (tertiary/aromatic N) is 3. The maximum atomic E-state index is 13.6. The van der Waals surface area contributed by atoms with E-state index in [0.717, 1.165) is 43.4 Å². The van der Waals surface area contributed by atoms with Gasteiger partial charge in [-0.2, -0.15) is 4.98 Å². The van der Waals surface area contributed by atoms with Crippen LogP contribution < -0.4 is 30.3 Å². The van der Waals surface area contributed by atoms with Crippen molar-refractivity contribution >= 4 is 61.3 Å². The molecule has 1 aromatic heterocycles. The molecule has 1 aliphatic heterocycles. The lowest BCUT2D eigenvalue weighted by Gasteiger charge is -2.27. The van der Waals surface area contributed by atoms with Crippen LogP contribution in [0.4, 0.5) is 28.8 Å². The summed E-state index contributed by atoms with van der Waals surface area (Å²) < 4.78 is 32.1. The van der Waals surface area contributed by atoms with Crippen LogP contribution in [0.2, 0.25) is 0 Å². The van der Waals surface area contributed by atoms with Gasteiger partial charge in [-0.25, -0.2) is 13.4 Å². The highest BCUT2D eigenvalue weighted by molar-refractivity contribution is 7.92. The number of ether oxygens (including phenoxy) is 1. The van der Waals surface area contributed by atoms with Gasteiger partial charge in [-0.3, -0.25) is 14.3 Å². The number of benzene rings is 3. The third-order valence-electron chi connectivity index (χ3n) is 7.38. The van der Waals surface area contributed by atoms with Crippen molar-refractivity contribution in [2.75, 3.05) is 59.8 Å². The molecule has 0 unspecified atom stereocenters. The zero-order valence-corrected chi connectivity index (χ0v) is 26.7. The smallest absolute Gasteiger partial charge is 0.296 e. The SMILES string of the molecule is COc1c(NC(=O)C(=O)c2ccc(Nc3ccnc(N4CCNCC4)n3)c3ccccc23)cc(C(C)(C)C)cc1NS(C)(=O)=O. The number of amides is 1. The maximum Gasteiger partial charge on any atom is 0.296 e. The molecule has 1 saturated heterocycles. The largest absolute Gasteiger partial charge is 0.492 e. The predicted octanol–water partition coefficient (Wildman–Crippen LogP) is 4.28. The Hall–Kier alpha value is -4.75. The Labute approximate surface area is 262 Å². The number of piperazine rings is 1. The predicted molar refractivity (Wildman–Crippen MR) is 177 cm³/mol. The highest BCUT2D eigenvalue weighted by atomic mass is 32.2. The van der Waals surface area contributed by atoms with E-state index in [2.05, 4.69) is 30.6 Å². The van der Waals surface area contributed by atoms with Crippen LogP contribution >= 0.6 is 0 Å². The number of fused-ring (bicyclic) bond motifs is 1. The normalized spacial score (nSPS) is 13.8. The molecule has 1 fully saturated rings. The molecule has 1 aliphatic rings. The fraction of sp³-hybridized carbons (Fsp3) is 0.312. The van der Waals surface area contributed by atoms with Gasteiger partial charge in [0.25, 0.3) is 11.7 Å². The quantitative estimate of drug-likeness (QED) is 0.155. The first kappa shape index (κ1) is 31.7. The molecule has 0 saturated carbocycles. The van der Waals surface area contributed by atoms with Crippen LogP contribution in [0.1, 0.15) is 36.7 Å². The lowest BCUT2D eigenvalue weighted by Crippen LogP contribution is -2.44. The van der Waals surface area contributed by atoms with E-state index in [-0.39, 0.29) is 22.7 Å². The van der Waals surface area contributed by atoms with Crippen molar-refractivity contribution in [2.45, 2.75) is 26.2 Å². The van der Waals surface area contributed by atoms with Crippen molar-refractivity contribution in [3.63, 3.8) is 0 Å². The summed E-state index contributed by atoms with van der Waals surface area (Å²) in [6.07, 6.45) is 2.73. The fourth-order valence-electron chi connectivity index (χ4n) is 5.13. The molecule has 12 nitrogen and oxygen atoms in total. The molecular weight excluding hydrogens is 594 g/mol. The molecule has 236 valence electrons. The highest BCUT2D eigenvalue weighted by Crippen LogP contribution is 2.39. The van der Waals surface area contributed by atoms with E-state index in [1.807, 2.05) is 32.9 Å². The minimum absolute atomic E-state index is 0.0871. The van der Waals surface area contributed by atoms with Crippen LogP contribution in [0, 0.1) is 0 Å². The van der Waals surface area contributed by atoms with Gasteiger partial charge in [-0.1, -0.05) is 45.0 Å². The van der Waals surface area contributed by atoms with E-state index in [1.165, 1.54) is 7.11 Å². The number of anilines is 5. The summed E-state index contributed by atoms with van der Waals surface area (Å²) in [6.45, 7) is 9.20. The number of aromatic nitrogens is 2. The van der Waals surface area contributed by atoms with Gasteiger partial charge in [0.2, 0.25) is 16.0 Å². The fourth-order valence-corrected chi connectivity index (χ4v) is 5.68. The molecule has 0 bridgehead atoms. The van der Waals surface area contributed by atoms with Gasteiger partial charge in [0.05, 0.1) is 24.7 Å². The Morgan fingerprint density at radius 2 is 1.64 bits per heavy atom. The molecule has 0 spiro atoms. The van der Waals surface area contributed by atoms with Gasteiger partial charge in [0, 0.05) is 49.0 Å². The van der Waals surface area contributed by atoms with Gasteiger partial charge < -0.3 is 25.6 Å². The number of rotatable bonds is 9. The first-order chi connectivity index (χ1) is 21.3. The molecule has 1 amide bonds. The van der Waals surface area contributed by atoms with Crippen molar-refractivity contribution < 1.29 is 22.7 Å². The van der Waals surface area contributed by atoms with E-state index in [9.17, 15) is 18.0 Å². The summed E-state index contributed by atoms with van der Waals surface area (Å²) in [7, 11) is -2.30. The van der Waals surface area contributed by atoms with E-state index < -0.39 is 27.1 Å². The van der Waals surface area contributed by atoms with Crippen LogP contribution in [-0.2, 0) is 20.2 Å². The molecule has 0 aliphatic carbocycles. The van der Waals surface area contributed by atoms with Gasteiger partial charge >= 0.3 is 0 Å². The Balaban J connectivity index is 1.45. The molecule has 2 heterocycles. The zero-order valence-electron chi connectivity index (χ0n) is 25.9. The van der Waals surface area contributed by atoms with Crippen molar-refractivity contribution in [3.8, 4) is 5.75 Å². The van der Waals surface area contributed by atoms with Crippen LogP contribution in [0.25, 0.3) is 10.8 Å². The van der Waals surface area contributed by atoms with Crippen molar-refractivity contribution in [2.24, 2.45) is 0 Å². The lowest BCUT2D eigenvalue weighted by atomic mass is 9.86. The molecular formula is C32H37N7O5S. The number of sulfonamides is 1. The molecule has 5 rings (SSSR count). The Kier molecular flexibility index (Phi) is 8.94. The molecule has 3 aromatic carbocycles. The minimum Gasteiger partial charge on any atom is -0.492 e.